The minimum absolute atomic E-state index is 0.0239. The quantitative estimate of drug-likeness (QED) is 0.494. The molecule has 124 valence electrons. The summed E-state index contributed by atoms with van der Waals surface area (Å²) >= 11 is 0. The summed E-state index contributed by atoms with van der Waals surface area (Å²) in [7, 11) is 0. The van der Waals surface area contributed by atoms with Crippen LogP contribution in [0.1, 0.15) is 71.4 Å². The number of ether oxygens (including phenoxy) is 1. The fourth-order valence-corrected chi connectivity index (χ4v) is 2.47. The molecule has 1 aromatic carbocycles. The highest BCUT2D eigenvalue weighted by Crippen LogP contribution is 2.21. The highest BCUT2D eigenvalue weighted by Gasteiger charge is 2.17. The summed E-state index contributed by atoms with van der Waals surface area (Å²) in [5.41, 5.74) is 2.61. The second kappa shape index (κ2) is 9.84. The van der Waals surface area contributed by atoms with Crippen LogP contribution < -0.4 is 0 Å². The Kier molecular flexibility index (Phi) is 8.48. The van der Waals surface area contributed by atoms with E-state index in [4.69, 9.17) is 4.74 Å². The maximum Gasteiger partial charge on any atom is 0.0657 e. The minimum atomic E-state index is -0.0239. The van der Waals surface area contributed by atoms with E-state index in [1.54, 1.807) is 0 Å². The molecule has 1 aromatic rings. The third-order valence-corrected chi connectivity index (χ3v) is 4.44. The average Bonchev–Trinajstić information content (AvgIpc) is 2.51. The summed E-state index contributed by atoms with van der Waals surface area (Å²) in [6, 6.07) is 8.73. The Balaban J connectivity index is 2.30. The van der Waals surface area contributed by atoms with Gasteiger partial charge in [0, 0.05) is 0 Å². The van der Waals surface area contributed by atoms with E-state index in [1.807, 2.05) is 0 Å². The van der Waals surface area contributed by atoms with Crippen LogP contribution in [-0.2, 0) is 11.2 Å². The topological polar surface area (TPSA) is 9.23 Å². The van der Waals surface area contributed by atoms with Crippen LogP contribution in [0, 0.1) is 5.92 Å². The van der Waals surface area contributed by atoms with E-state index in [1.165, 1.54) is 30.4 Å². The lowest BCUT2D eigenvalue weighted by molar-refractivity contribution is -0.00936. The van der Waals surface area contributed by atoms with Gasteiger partial charge in [0.05, 0.1) is 12.2 Å². The van der Waals surface area contributed by atoms with Crippen molar-refractivity contribution in [2.75, 3.05) is 6.61 Å². The Morgan fingerprint density at radius 3 is 2.41 bits per heavy atom. The predicted molar refractivity (Wildman–Crippen MR) is 98.2 cm³/mol. The van der Waals surface area contributed by atoms with E-state index < -0.39 is 0 Å². The van der Waals surface area contributed by atoms with Crippen LogP contribution >= 0.6 is 0 Å². The van der Waals surface area contributed by atoms with Gasteiger partial charge in [-0.25, -0.2) is 0 Å². The fraction of sp³-hybridized carbons (Fsp3) is 0.619. The molecular weight excluding hydrogens is 268 g/mol. The number of hydrogen-bond donors (Lipinski definition) is 0. The molecule has 0 saturated heterocycles. The Morgan fingerprint density at radius 1 is 1.14 bits per heavy atom. The van der Waals surface area contributed by atoms with Gasteiger partial charge in [0.15, 0.2) is 0 Å². The molecule has 0 aliphatic heterocycles. The van der Waals surface area contributed by atoms with Crippen LogP contribution in [0.15, 0.2) is 30.3 Å². The summed E-state index contributed by atoms with van der Waals surface area (Å²) in [5, 5.41) is 0. The number of rotatable bonds is 10. The first-order valence-corrected chi connectivity index (χ1v) is 8.86. The van der Waals surface area contributed by atoms with Crippen LogP contribution in [0.2, 0.25) is 0 Å². The Morgan fingerprint density at radius 2 is 1.82 bits per heavy atom. The Hall–Kier alpha value is -1.08. The molecule has 0 saturated carbocycles. The lowest BCUT2D eigenvalue weighted by Crippen LogP contribution is -2.24. The van der Waals surface area contributed by atoms with Crippen molar-refractivity contribution in [3.8, 4) is 0 Å². The third kappa shape index (κ3) is 7.79. The van der Waals surface area contributed by atoms with Crippen LogP contribution in [0.25, 0.3) is 6.08 Å². The zero-order chi connectivity index (χ0) is 16.4. The molecule has 0 aliphatic carbocycles. The van der Waals surface area contributed by atoms with Gasteiger partial charge in [-0.05, 0) is 43.7 Å². The largest absolute Gasteiger partial charge is 0.372 e. The van der Waals surface area contributed by atoms with E-state index in [2.05, 4.69) is 71.0 Å². The van der Waals surface area contributed by atoms with Crippen LogP contribution in [0.4, 0.5) is 0 Å². The molecule has 1 heteroatoms. The zero-order valence-corrected chi connectivity index (χ0v) is 15.2. The number of aryl methyl sites for hydroxylation is 1. The monoisotopic (exact) mass is 302 g/mol. The molecule has 1 rings (SSSR count). The minimum Gasteiger partial charge on any atom is -0.372 e. The summed E-state index contributed by atoms with van der Waals surface area (Å²) < 4.78 is 6.02. The van der Waals surface area contributed by atoms with Gasteiger partial charge in [-0.2, -0.15) is 0 Å². The molecule has 0 aliphatic rings. The standard InChI is InChI=1S/C21H34O/c1-6-18(3)10-8-16-21(4,5)22-17-9-11-20-14-12-19(7-2)13-15-20/h9,11-15,18H,6-8,10,16-17H2,1-5H3/b11-9+. The van der Waals surface area contributed by atoms with Crippen LogP contribution in [0.3, 0.4) is 0 Å². The summed E-state index contributed by atoms with van der Waals surface area (Å²) in [5.74, 6) is 0.835. The number of benzene rings is 1. The molecule has 0 radical (unpaired) electrons. The van der Waals surface area contributed by atoms with Crippen molar-refractivity contribution in [1.29, 1.82) is 0 Å². The highest BCUT2D eigenvalue weighted by atomic mass is 16.5. The van der Waals surface area contributed by atoms with Crippen molar-refractivity contribution in [1.82, 2.24) is 0 Å². The second-order valence-electron chi connectivity index (χ2n) is 6.97. The van der Waals surface area contributed by atoms with Crippen molar-refractivity contribution in [2.45, 2.75) is 72.3 Å². The molecule has 22 heavy (non-hydrogen) atoms. The lowest BCUT2D eigenvalue weighted by atomic mass is 9.95. The van der Waals surface area contributed by atoms with Gasteiger partial charge in [-0.15, -0.1) is 0 Å². The second-order valence-corrected chi connectivity index (χ2v) is 6.97. The third-order valence-electron chi connectivity index (χ3n) is 4.44. The van der Waals surface area contributed by atoms with Gasteiger partial charge in [0.25, 0.3) is 0 Å². The first-order chi connectivity index (χ1) is 10.5. The van der Waals surface area contributed by atoms with Crippen molar-refractivity contribution in [3.05, 3.63) is 41.5 Å². The van der Waals surface area contributed by atoms with E-state index in [-0.39, 0.29) is 5.60 Å². The molecule has 0 aromatic heterocycles. The number of hydrogen-bond acceptors (Lipinski definition) is 1. The maximum atomic E-state index is 6.02. The molecule has 0 bridgehead atoms. The van der Waals surface area contributed by atoms with E-state index in [0.717, 1.165) is 18.8 Å². The molecule has 1 nitrogen and oxygen atoms in total. The van der Waals surface area contributed by atoms with Crippen LogP contribution in [-0.4, -0.2) is 12.2 Å². The smallest absolute Gasteiger partial charge is 0.0657 e. The molecule has 0 fully saturated rings. The SMILES string of the molecule is CCc1ccc(/C=C/COC(C)(C)CCCC(C)CC)cc1. The summed E-state index contributed by atoms with van der Waals surface area (Å²) in [6.45, 7) is 11.9. The van der Waals surface area contributed by atoms with Gasteiger partial charge in [-0.3, -0.25) is 0 Å². The summed E-state index contributed by atoms with van der Waals surface area (Å²) in [6.07, 6.45) is 10.3. The first-order valence-electron chi connectivity index (χ1n) is 8.86. The molecule has 0 spiro atoms. The zero-order valence-electron chi connectivity index (χ0n) is 15.2. The van der Waals surface area contributed by atoms with Gasteiger partial charge in [-0.1, -0.05) is 76.5 Å². The maximum absolute atomic E-state index is 6.02. The molecular formula is C21H34O. The summed E-state index contributed by atoms with van der Waals surface area (Å²) in [4.78, 5) is 0. The van der Waals surface area contributed by atoms with Crippen molar-refractivity contribution >= 4 is 6.08 Å². The Labute approximate surface area is 137 Å². The van der Waals surface area contributed by atoms with E-state index in [0.29, 0.717) is 6.61 Å². The first kappa shape index (κ1) is 19.0. The lowest BCUT2D eigenvalue weighted by Gasteiger charge is -2.25. The van der Waals surface area contributed by atoms with E-state index >= 15 is 0 Å². The molecule has 0 amide bonds. The Bertz CT molecular complexity index is 428. The normalized spacial score (nSPS) is 13.7. The van der Waals surface area contributed by atoms with Gasteiger partial charge in [0.1, 0.15) is 0 Å². The fourth-order valence-electron chi connectivity index (χ4n) is 2.47. The average molecular weight is 303 g/mol. The molecule has 0 heterocycles. The highest BCUT2D eigenvalue weighted by molar-refractivity contribution is 5.49. The molecule has 1 atom stereocenters. The van der Waals surface area contributed by atoms with Crippen molar-refractivity contribution in [2.24, 2.45) is 5.92 Å². The van der Waals surface area contributed by atoms with Crippen molar-refractivity contribution in [3.63, 3.8) is 0 Å². The van der Waals surface area contributed by atoms with Gasteiger partial charge >= 0.3 is 0 Å². The van der Waals surface area contributed by atoms with Crippen molar-refractivity contribution < 1.29 is 4.74 Å². The van der Waals surface area contributed by atoms with Crippen LogP contribution in [0.5, 0.6) is 0 Å². The molecule has 0 N–H and O–H groups in total. The van der Waals surface area contributed by atoms with E-state index in [9.17, 15) is 0 Å². The molecule has 1 unspecified atom stereocenters. The predicted octanol–water partition coefficient (Wildman–Crippen LogP) is 6.27. The van der Waals surface area contributed by atoms with Gasteiger partial charge in [0.2, 0.25) is 0 Å². The van der Waals surface area contributed by atoms with Gasteiger partial charge < -0.3 is 4.74 Å².